The van der Waals surface area contributed by atoms with Crippen LogP contribution >= 0.6 is 0 Å². The Morgan fingerprint density at radius 2 is 2.39 bits per heavy atom. The zero-order valence-electron chi connectivity index (χ0n) is 13.2. The highest BCUT2D eigenvalue weighted by Gasteiger charge is 2.25. The van der Waals surface area contributed by atoms with Crippen LogP contribution in [0.4, 0.5) is 5.82 Å². The number of hydrogen-bond acceptors (Lipinski definition) is 5. The highest BCUT2D eigenvalue weighted by Crippen LogP contribution is 2.20. The first kappa shape index (κ1) is 15.2. The van der Waals surface area contributed by atoms with Crippen molar-refractivity contribution in [1.82, 2.24) is 15.1 Å². The van der Waals surface area contributed by atoms with Crippen LogP contribution in [-0.2, 0) is 7.05 Å². The Kier molecular flexibility index (Phi) is 4.06. The first-order valence-electron chi connectivity index (χ1n) is 7.63. The Hall–Kier alpha value is -2.75. The van der Waals surface area contributed by atoms with Crippen molar-refractivity contribution in [1.29, 1.82) is 5.26 Å². The lowest BCUT2D eigenvalue weighted by Crippen LogP contribution is -2.48. The lowest BCUT2D eigenvalue weighted by atomic mass is 10.0. The molecule has 1 aliphatic rings. The summed E-state index contributed by atoms with van der Waals surface area (Å²) in [4.78, 5) is 14.6. The van der Waals surface area contributed by atoms with Gasteiger partial charge in [0.25, 0.3) is 5.91 Å². The van der Waals surface area contributed by atoms with E-state index in [9.17, 15) is 4.79 Å². The Morgan fingerprint density at radius 1 is 1.57 bits per heavy atom. The molecule has 1 atom stereocenters. The molecule has 2 aromatic heterocycles. The molecule has 0 radical (unpaired) electrons. The van der Waals surface area contributed by atoms with E-state index in [1.54, 1.807) is 13.1 Å². The SMILES string of the molecule is Cc1oc(C#N)cc1C(=O)N[C@@H]1CCCN(c2ccnn2C)C1. The standard InChI is InChI=1S/C16H19N5O2/c1-11-14(8-13(9-17)23-11)16(22)19-12-4-3-7-21(10-12)15-5-6-18-20(15)2/h5-6,8,12H,3-4,7,10H2,1-2H3,(H,19,22)/t12-/m1/s1. The average Bonchev–Trinajstić information content (AvgIpc) is 3.13. The van der Waals surface area contributed by atoms with Gasteiger partial charge in [0.2, 0.25) is 5.76 Å². The van der Waals surface area contributed by atoms with Crippen molar-refractivity contribution in [3.63, 3.8) is 0 Å². The Balaban J connectivity index is 1.68. The average molecular weight is 313 g/mol. The molecule has 1 saturated heterocycles. The second kappa shape index (κ2) is 6.16. The molecule has 7 heteroatoms. The molecule has 1 aliphatic heterocycles. The normalized spacial score (nSPS) is 17.8. The maximum Gasteiger partial charge on any atom is 0.255 e. The number of piperidine rings is 1. The van der Waals surface area contributed by atoms with Crippen molar-refractivity contribution in [2.75, 3.05) is 18.0 Å². The molecule has 120 valence electrons. The van der Waals surface area contributed by atoms with E-state index >= 15 is 0 Å². The summed E-state index contributed by atoms with van der Waals surface area (Å²) >= 11 is 0. The zero-order valence-corrected chi connectivity index (χ0v) is 13.2. The van der Waals surface area contributed by atoms with Crippen LogP contribution in [0.2, 0.25) is 0 Å². The number of carbonyl (C=O) groups is 1. The van der Waals surface area contributed by atoms with Crippen LogP contribution in [0.15, 0.2) is 22.7 Å². The summed E-state index contributed by atoms with van der Waals surface area (Å²) in [5.41, 5.74) is 0.430. The fourth-order valence-corrected chi connectivity index (χ4v) is 3.01. The van der Waals surface area contributed by atoms with E-state index in [0.29, 0.717) is 11.3 Å². The third kappa shape index (κ3) is 3.06. The van der Waals surface area contributed by atoms with Crippen LogP contribution in [-0.4, -0.2) is 34.8 Å². The predicted molar refractivity (Wildman–Crippen MR) is 84.1 cm³/mol. The molecule has 1 amide bonds. The maximum absolute atomic E-state index is 12.4. The summed E-state index contributed by atoms with van der Waals surface area (Å²) in [6, 6.07) is 5.44. The molecule has 23 heavy (non-hydrogen) atoms. The summed E-state index contributed by atoms with van der Waals surface area (Å²) in [6.07, 6.45) is 3.71. The first-order valence-corrected chi connectivity index (χ1v) is 7.63. The number of nitrogens with one attached hydrogen (secondary N) is 1. The molecule has 0 spiro atoms. The van der Waals surface area contributed by atoms with Gasteiger partial charge in [-0.05, 0) is 19.8 Å². The summed E-state index contributed by atoms with van der Waals surface area (Å²) < 4.78 is 7.06. The van der Waals surface area contributed by atoms with Gasteiger partial charge in [-0.2, -0.15) is 10.4 Å². The molecule has 0 saturated carbocycles. The van der Waals surface area contributed by atoms with E-state index in [-0.39, 0.29) is 17.7 Å². The Labute approximate surface area is 134 Å². The number of anilines is 1. The molecular weight excluding hydrogens is 294 g/mol. The molecule has 0 unspecified atom stereocenters. The van der Waals surface area contributed by atoms with Crippen molar-refractivity contribution in [3.05, 3.63) is 35.4 Å². The van der Waals surface area contributed by atoms with Crippen LogP contribution in [0.25, 0.3) is 0 Å². The highest BCUT2D eigenvalue weighted by atomic mass is 16.3. The highest BCUT2D eigenvalue weighted by molar-refractivity contribution is 5.95. The smallest absolute Gasteiger partial charge is 0.255 e. The molecule has 1 fully saturated rings. The largest absolute Gasteiger partial charge is 0.450 e. The topological polar surface area (TPSA) is 87.1 Å². The third-order valence-corrected chi connectivity index (χ3v) is 4.15. The van der Waals surface area contributed by atoms with Crippen LogP contribution in [0.3, 0.4) is 0 Å². The fourth-order valence-electron chi connectivity index (χ4n) is 3.01. The molecular formula is C16H19N5O2. The predicted octanol–water partition coefficient (Wildman–Crippen LogP) is 1.59. The molecule has 3 rings (SSSR count). The van der Waals surface area contributed by atoms with Gasteiger partial charge >= 0.3 is 0 Å². The zero-order chi connectivity index (χ0) is 16.4. The van der Waals surface area contributed by atoms with E-state index in [1.807, 2.05) is 23.9 Å². The number of hydrogen-bond donors (Lipinski definition) is 1. The van der Waals surface area contributed by atoms with Gasteiger partial charge in [-0.25, -0.2) is 0 Å². The van der Waals surface area contributed by atoms with Gasteiger partial charge in [-0.15, -0.1) is 0 Å². The molecule has 0 aromatic carbocycles. The van der Waals surface area contributed by atoms with E-state index in [0.717, 1.165) is 31.7 Å². The van der Waals surface area contributed by atoms with Crippen molar-refractivity contribution < 1.29 is 9.21 Å². The third-order valence-electron chi connectivity index (χ3n) is 4.15. The van der Waals surface area contributed by atoms with Crippen molar-refractivity contribution >= 4 is 11.7 Å². The van der Waals surface area contributed by atoms with Crippen LogP contribution in [0.5, 0.6) is 0 Å². The molecule has 3 heterocycles. The van der Waals surface area contributed by atoms with E-state index in [4.69, 9.17) is 9.68 Å². The number of aryl methyl sites for hydroxylation is 2. The number of nitriles is 1. The molecule has 2 aromatic rings. The molecule has 7 nitrogen and oxygen atoms in total. The van der Waals surface area contributed by atoms with Gasteiger partial charge < -0.3 is 14.6 Å². The van der Waals surface area contributed by atoms with Gasteiger partial charge in [-0.1, -0.05) is 0 Å². The van der Waals surface area contributed by atoms with Gasteiger partial charge in [0.05, 0.1) is 11.8 Å². The number of carbonyl (C=O) groups excluding carboxylic acids is 1. The van der Waals surface area contributed by atoms with Crippen LogP contribution < -0.4 is 10.2 Å². The Morgan fingerprint density at radius 3 is 3.04 bits per heavy atom. The summed E-state index contributed by atoms with van der Waals surface area (Å²) in [7, 11) is 1.91. The van der Waals surface area contributed by atoms with E-state index < -0.39 is 0 Å². The number of furan rings is 1. The second-order valence-electron chi connectivity index (χ2n) is 5.76. The number of rotatable bonds is 3. The quantitative estimate of drug-likeness (QED) is 0.930. The lowest BCUT2D eigenvalue weighted by molar-refractivity contribution is 0.0931. The van der Waals surface area contributed by atoms with Gasteiger partial charge in [0.1, 0.15) is 17.6 Å². The summed E-state index contributed by atoms with van der Waals surface area (Å²) in [6.45, 7) is 3.39. The van der Waals surface area contributed by atoms with Gasteiger partial charge in [0.15, 0.2) is 0 Å². The summed E-state index contributed by atoms with van der Waals surface area (Å²) in [5.74, 6) is 1.49. The van der Waals surface area contributed by atoms with Gasteiger partial charge in [-0.3, -0.25) is 9.48 Å². The lowest BCUT2D eigenvalue weighted by Gasteiger charge is -2.34. The minimum Gasteiger partial charge on any atom is -0.450 e. The Bertz CT molecular complexity index is 755. The molecule has 1 N–H and O–H groups in total. The van der Waals surface area contributed by atoms with Crippen molar-refractivity contribution in [3.8, 4) is 6.07 Å². The molecule has 0 bridgehead atoms. The second-order valence-corrected chi connectivity index (χ2v) is 5.76. The summed E-state index contributed by atoms with van der Waals surface area (Å²) in [5, 5.41) is 16.1. The van der Waals surface area contributed by atoms with Gasteiger partial charge in [0, 0.05) is 38.3 Å². The van der Waals surface area contributed by atoms with E-state index in [1.165, 1.54) is 6.07 Å². The first-order chi connectivity index (χ1) is 11.1. The van der Waals surface area contributed by atoms with Crippen molar-refractivity contribution in [2.24, 2.45) is 7.05 Å². The number of aromatic nitrogens is 2. The number of nitrogens with zero attached hydrogens (tertiary/aromatic N) is 4. The minimum atomic E-state index is -0.190. The van der Waals surface area contributed by atoms with Crippen molar-refractivity contribution in [2.45, 2.75) is 25.8 Å². The maximum atomic E-state index is 12.4. The fraction of sp³-hybridized carbons (Fsp3) is 0.438. The minimum absolute atomic E-state index is 0.0611. The molecule has 0 aliphatic carbocycles. The van der Waals surface area contributed by atoms with Crippen LogP contribution in [0.1, 0.15) is 34.7 Å². The van der Waals surface area contributed by atoms with E-state index in [2.05, 4.69) is 15.3 Å². The van der Waals surface area contributed by atoms with Crippen LogP contribution in [0, 0.1) is 18.3 Å². The number of amides is 1. The monoisotopic (exact) mass is 313 g/mol.